The van der Waals surface area contributed by atoms with Crippen molar-refractivity contribution in [2.45, 2.75) is 52.4 Å². The Morgan fingerprint density at radius 3 is 2.50 bits per heavy atom. The minimum atomic E-state index is 0.903. The summed E-state index contributed by atoms with van der Waals surface area (Å²) in [5, 5.41) is 0. The van der Waals surface area contributed by atoms with Crippen LogP contribution in [0.5, 0.6) is 0 Å². The standard InChI is InChI=1S/C14H29NO/c1-3-4-5-6-7-14(2)8-9-15-10-12-16-13-11-15/h14H,3-13H2,1-2H3. The van der Waals surface area contributed by atoms with Gasteiger partial charge in [-0.1, -0.05) is 46.0 Å². The van der Waals surface area contributed by atoms with Gasteiger partial charge >= 0.3 is 0 Å². The van der Waals surface area contributed by atoms with Gasteiger partial charge in [-0.3, -0.25) is 4.90 Å². The van der Waals surface area contributed by atoms with Gasteiger partial charge in [0, 0.05) is 13.1 Å². The Morgan fingerprint density at radius 1 is 1.06 bits per heavy atom. The van der Waals surface area contributed by atoms with Gasteiger partial charge in [0.1, 0.15) is 0 Å². The molecule has 0 aromatic heterocycles. The molecule has 1 rings (SSSR count). The molecule has 0 spiro atoms. The Bertz CT molecular complexity index is 155. The highest BCUT2D eigenvalue weighted by molar-refractivity contribution is 4.64. The van der Waals surface area contributed by atoms with Crippen LogP contribution in [0.25, 0.3) is 0 Å². The third-order valence-corrected chi connectivity index (χ3v) is 3.59. The summed E-state index contributed by atoms with van der Waals surface area (Å²) in [6.07, 6.45) is 8.41. The van der Waals surface area contributed by atoms with E-state index in [4.69, 9.17) is 4.74 Å². The van der Waals surface area contributed by atoms with Crippen molar-refractivity contribution >= 4 is 0 Å². The molecule has 0 aromatic carbocycles. The molecule has 0 radical (unpaired) electrons. The molecule has 1 heterocycles. The molecule has 0 bridgehead atoms. The molecule has 96 valence electrons. The van der Waals surface area contributed by atoms with Gasteiger partial charge in [0.25, 0.3) is 0 Å². The van der Waals surface area contributed by atoms with E-state index in [9.17, 15) is 0 Å². The smallest absolute Gasteiger partial charge is 0.0594 e. The van der Waals surface area contributed by atoms with E-state index in [0.717, 1.165) is 32.2 Å². The van der Waals surface area contributed by atoms with Crippen molar-refractivity contribution in [3.63, 3.8) is 0 Å². The number of hydrogen-bond donors (Lipinski definition) is 0. The minimum Gasteiger partial charge on any atom is -0.379 e. The zero-order valence-corrected chi connectivity index (χ0v) is 11.2. The van der Waals surface area contributed by atoms with E-state index in [0.29, 0.717) is 0 Å². The lowest BCUT2D eigenvalue weighted by Gasteiger charge is -2.27. The molecule has 0 saturated carbocycles. The van der Waals surface area contributed by atoms with Crippen LogP contribution in [0.4, 0.5) is 0 Å². The second-order valence-corrected chi connectivity index (χ2v) is 5.20. The molecule has 16 heavy (non-hydrogen) atoms. The van der Waals surface area contributed by atoms with Gasteiger partial charge in [-0.15, -0.1) is 0 Å². The predicted molar refractivity (Wildman–Crippen MR) is 69.8 cm³/mol. The topological polar surface area (TPSA) is 12.5 Å². The largest absolute Gasteiger partial charge is 0.379 e. The minimum absolute atomic E-state index is 0.903. The summed E-state index contributed by atoms with van der Waals surface area (Å²) in [6, 6.07) is 0. The maximum atomic E-state index is 5.36. The van der Waals surface area contributed by atoms with Gasteiger partial charge in [0.05, 0.1) is 13.2 Å². The number of morpholine rings is 1. The van der Waals surface area contributed by atoms with Crippen molar-refractivity contribution in [1.29, 1.82) is 0 Å². The summed E-state index contributed by atoms with van der Waals surface area (Å²) < 4.78 is 5.36. The molecule has 2 nitrogen and oxygen atoms in total. The van der Waals surface area contributed by atoms with E-state index in [1.807, 2.05) is 0 Å². The van der Waals surface area contributed by atoms with E-state index >= 15 is 0 Å². The fourth-order valence-electron chi connectivity index (χ4n) is 2.29. The number of nitrogens with zero attached hydrogens (tertiary/aromatic N) is 1. The Balaban J connectivity index is 1.94. The number of ether oxygens (including phenoxy) is 1. The first-order valence-corrected chi connectivity index (χ1v) is 7.13. The van der Waals surface area contributed by atoms with Crippen LogP contribution in [-0.4, -0.2) is 37.7 Å². The SMILES string of the molecule is CCCCCCC(C)CCN1CCOCC1. The van der Waals surface area contributed by atoms with E-state index in [2.05, 4.69) is 18.7 Å². The average Bonchev–Trinajstić information content (AvgIpc) is 2.33. The number of unbranched alkanes of at least 4 members (excludes halogenated alkanes) is 3. The van der Waals surface area contributed by atoms with E-state index in [1.165, 1.54) is 45.1 Å². The highest BCUT2D eigenvalue weighted by Crippen LogP contribution is 2.14. The van der Waals surface area contributed by atoms with E-state index in [1.54, 1.807) is 0 Å². The molecule has 0 aromatic rings. The Labute approximate surface area is 101 Å². The normalized spacial score (nSPS) is 19.9. The van der Waals surface area contributed by atoms with Crippen LogP contribution < -0.4 is 0 Å². The third kappa shape index (κ3) is 6.49. The lowest BCUT2D eigenvalue weighted by Crippen LogP contribution is -2.37. The predicted octanol–water partition coefficient (Wildman–Crippen LogP) is 3.32. The summed E-state index contributed by atoms with van der Waals surface area (Å²) in [5.74, 6) is 0.903. The highest BCUT2D eigenvalue weighted by Gasteiger charge is 2.11. The van der Waals surface area contributed by atoms with Crippen molar-refractivity contribution < 1.29 is 4.74 Å². The molecular formula is C14H29NO. The fourth-order valence-corrected chi connectivity index (χ4v) is 2.29. The van der Waals surface area contributed by atoms with Crippen molar-refractivity contribution in [2.75, 3.05) is 32.8 Å². The van der Waals surface area contributed by atoms with E-state index in [-0.39, 0.29) is 0 Å². The van der Waals surface area contributed by atoms with Gasteiger partial charge in [-0.2, -0.15) is 0 Å². The average molecular weight is 227 g/mol. The molecule has 1 saturated heterocycles. The van der Waals surface area contributed by atoms with Crippen LogP contribution in [-0.2, 0) is 4.74 Å². The lowest BCUT2D eigenvalue weighted by molar-refractivity contribution is 0.0355. The van der Waals surface area contributed by atoms with Gasteiger partial charge < -0.3 is 4.74 Å². The molecule has 1 aliphatic heterocycles. The van der Waals surface area contributed by atoms with Crippen molar-refractivity contribution in [2.24, 2.45) is 5.92 Å². The van der Waals surface area contributed by atoms with Crippen LogP contribution in [0.1, 0.15) is 52.4 Å². The zero-order chi connectivity index (χ0) is 11.6. The summed E-state index contributed by atoms with van der Waals surface area (Å²) in [4.78, 5) is 2.55. The van der Waals surface area contributed by atoms with Crippen LogP contribution in [0.2, 0.25) is 0 Å². The maximum Gasteiger partial charge on any atom is 0.0594 e. The summed E-state index contributed by atoms with van der Waals surface area (Å²) in [5.41, 5.74) is 0. The maximum absolute atomic E-state index is 5.36. The first kappa shape index (κ1) is 14.0. The van der Waals surface area contributed by atoms with Gasteiger partial charge in [-0.05, 0) is 18.9 Å². The summed E-state index contributed by atoms with van der Waals surface area (Å²) in [6.45, 7) is 10.1. The zero-order valence-electron chi connectivity index (χ0n) is 11.2. The quantitative estimate of drug-likeness (QED) is 0.590. The second kappa shape index (κ2) is 9.00. The number of rotatable bonds is 8. The lowest BCUT2D eigenvalue weighted by atomic mass is 9.99. The monoisotopic (exact) mass is 227 g/mol. The third-order valence-electron chi connectivity index (χ3n) is 3.59. The molecule has 0 aliphatic carbocycles. The Morgan fingerprint density at radius 2 is 1.81 bits per heavy atom. The Kier molecular flexibility index (Phi) is 7.87. The van der Waals surface area contributed by atoms with Crippen molar-refractivity contribution in [3.8, 4) is 0 Å². The van der Waals surface area contributed by atoms with Crippen molar-refractivity contribution in [3.05, 3.63) is 0 Å². The molecule has 1 aliphatic rings. The fraction of sp³-hybridized carbons (Fsp3) is 1.00. The molecule has 0 amide bonds. The molecular weight excluding hydrogens is 198 g/mol. The summed E-state index contributed by atoms with van der Waals surface area (Å²) >= 11 is 0. The van der Waals surface area contributed by atoms with Crippen LogP contribution in [0.3, 0.4) is 0 Å². The highest BCUT2D eigenvalue weighted by atomic mass is 16.5. The number of hydrogen-bond acceptors (Lipinski definition) is 2. The van der Waals surface area contributed by atoms with E-state index < -0.39 is 0 Å². The molecule has 1 atom stereocenters. The van der Waals surface area contributed by atoms with Crippen LogP contribution >= 0.6 is 0 Å². The first-order valence-electron chi connectivity index (χ1n) is 7.13. The van der Waals surface area contributed by atoms with Gasteiger partial charge in [-0.25, -0.2) is 0 Å². The van der Waals surface area contributed by atoms with Crippen LogP contribution in [0, 0.1) is 5.92 Å². The molecule has 1 fully saturated rings. The summed E-state index contributed by atoms with van der Waals surface area (Å²) in [7, 11) is 0. The molecule has 0 N–H and O–H groups in total. The Hall–Kier alpha value is -0.0800. The first-order chi connectivity index (χ1) is 7.83. The van der Waals surface area contributed by atoms with Gasteiger partial charge in [0.2, 0.25) is 0 Å². The van der Waals surface area contributed by atoms with Crippen LogP contribution in [0.15, 0.2) is 0 Å². The second-order valence-electron chi connectivity index (χ2n) is 5.20. The molecule has 2 heteroatoms. The van der Waals surface area contributed by atoms with Gasteiger partial charge in [0.15, 0.2) is 0 Å². The van der Waals surface area contributed by atoms with Crippen molar-refractivity contribution in [1.82, 2.24) is 4.90 Å². The molecule has 1 unspecified atom stereocenters.